The van der Waals surface area contributed by atoms with E-state index in [0.717, 1.165) is 11.6 Å². The van der Waals surface area contributed by atoms with Crippen LogP contribution < -0.4 is 5.30 Å². The molecule has 8 nitrogen and oxygen atoms in total. The van der Waals surface area contributed by atoms with Gasteiger partial charge in [-0.15, -0.1) is 0 Å². The van der Waals surface area contributed by atoms with Crippen molar-refractivity contribution in [3.63, 3.8) is 0 Å². The zero-order valence-corrected chi connectivity index (χ0v) is 27.2. The number of halogens is 3. The van der Waals surface area contributed by atoms with Gasteiger partial charge in [0.1, 0.15) is 5.69 Å². The molecule has 14 heteroatoms. The summed E-state index contributed by atoms with van der Waals surface area (Å²) in [5, 5.41) is 0.180. The summed E-state index contributed by atoms with van der Waals surface area (Å²) >= 11 is 4.49. The van der Waals surface area contributed by atoms with Crippen molar-refractivity contribution in [1.82, 2.24) is 4.98 Å². The smallest absolute Gasteiger partial charge is 0.321 e. The zero-order chi connectivity index (χ0) is 32.6. The number of aromatic nitrogens is 1. The lowest BCUT2D eigenvalue weighted by Gasteiger charge is -2.19. The van der Waals surface area contributed by atoms with E-state index in [2.05, 4.69) is 20.9 Å². The second kappa shape index (κ2) is 13.0. The number of carbonyl (C=O) groups is 1. The van der Waals surface area contributed by atoms with E-state index in [4.69, 9.17) is 9.79 Å². The second-order valence-electron chi connectivity index (χ2n) is 10.1. The van der Waals surface area contributed by atoms with Crippen molar-refractivity contribution in [2.75, 3.05) is 0 Å². The fraction of sp³-hybridized carbons (Fsp3) is 0.0968. The normalized spacial score (nSPS) is 12.4. The summed E-state index contributed by atoms with van der Waals surface area (Å²) in [4.78, 5) is 55.6. The van der Waals surface area contributed by atoms with Crippen molar-refractivity contribution in [1.29, 1.82) is 0 Å². The molecule has 0 aliphatic carbocycles. The van der Waals surface area contributed by atoms with Crippen LogP contribution in [0.2, 0.25) is 0 Å². The van der Waals surface area contributed by atoms with Gasteiger partial charge in [0.05, 0.1) is 10.8 Å². The molecule has 232 valence electrons. The molecule has 1 aromatic heterocycles. The fourth-order valence-electron chi connectivity index (χ4n) is 4.60. The van der Waals surface area contributed by atoms with Gasteiger partial charge < -0.3 is 19.6 Å². The van der Waals surface area contributed by atoms with Crippen LogP contribution in [0, 0.1) is 0 Å². The van der Waals surface area contributed by atoms with Crippen LogP contribution in [-0.2, 0) is 26.3 Å². The molecular weight excluding hydrogens is 710 g/mol. The minimum atomic E-state index is -5.68. The van der Waals surface area contributed by atoms with E-state index in [0.29, 0.717) is 39.1 Å². The van der Waals surface area contributed by atoms with Crippen LogP contribution >= 0.6 is 42.9 Å². The summed E-state index contributed by atoms with van der Waals surface area (Å²) in [7, 11) is -10.5. The predicted octanol–water partition coefficient (Wildman–Crippen LogP) is 7.36. The van der Waals surface area contributed by atoms with Crippen molar-refractivity contribution in [2.45, 2.75) is 17.2 Å². The molecule has 5 aromatic rings. The molecule has 0 aliphatic rings. The minimum absolute atomic E-state index is 0.0482. The topological polar surface area (TPSA) is 145 Å². The van der Waals surface area contributed by atoms with E-state index in [1.54, 1.807) is 42.5 Å². The van der Waals surface area contributed by atoms with Crippen LogP contribution in [0.15, 0.2) is 102 Å². The largest absolute Gasteiger partial charge is 0.399 e. The van der Waals surface area contributed by atoms with Crippen molar-refractivity contribution in [3.8, 4) is 11.1 Å². The molecule has 0 spiro atoms. The molecule has 0 amide bonds. The van der Waals surface area contributed by atoms with Crippen LogP contribution in [0.4, 0.5) is 8.78 Å². The number of alkyl halides is 2. The maximum absolute atomic E-state index is 14.1. The SMILES string of the molecule is O=C(c1ccccc1)c1ccc2cc(-c3ccc(CSCc4ccc(C(F)(F)P(=O)(O)O)c(Br)c4)cc3)cc(P(=O)(O)O)c2n1. The first-order chi connectivity index (χ1) is 21.1. The molecule has 5 rings (SSSR count). The third-order valence-corrected chi connectivity index (χ3v) is 10.6. The Hall–Kier alpha value is -3.05. The molecule has 4 aromatic carbocycles. The van der Waals surface area contributed by atoms with Crippen LogP contribution in [0.3, 0.4) is 0 Å². The average molecular weight is 734 g/mol. The van der Waals surface area contributed by atoms with Gasteiger partial charge >= 0.3 is 20.9 Å². The van der Waals surface area contributed by atoms with Crippen molar-refractivity contribution >= 4 is 64.9 Å². The number of thioether (sulfide) groups is 1. The first-order valence-corrected chi connectivity index (χ1v) is 18.3. The molecule has 0 aliphatic heterocycles. The van der Waals surface area contributed by atoms with E-state index < -0.39 is 26.4 Å². The molecule has 4 N–H and O–H groups in total. The summed E-state index contributed by atoms with van der Waals surface area (Å²) in [6.45, 7) is 0. The minimum Gasteiger partial charge on any atom is -0.321 e. The molecule has 0 bridgehead atoms. The highest BCUT2D eigenvalue weighted by Gasteiger charge is 2.51. The number of hydrogen-bond donors (Lipinski definition) is 4. The van der Waals surface area contributed by atoms with Crippen molar-refractivity contribution in [2.24, 2.45) is 0 Å². The van der Waals surface area contributed by atoms with E-state index >= 15 is 0 Å². The van der Waals surface area contributed by atoms with Gasteiger partial charge in [-0.3, -0.25) is 13.9 Å². The molecule has 0 fully saturated rings. The number of carbonyl (C=O) groups excluding carboxylic acids is 1. The molecule has 0 radical (unpaired) electrons. The van der Waals surface area contributed by atoms with Crippen molar-refractivity contribution in [3.05, 3.63) is 129 Å². The van der Waals surface area contributed by atoms with Gasteiger partial charge in [-0.2, -0.15) is 20.5 Å². The van der Waals surface area contributed by atoms with Gasteiger partial charge in [0.2, 0.25) is 5.78 Å². The van der Waals surface area contributed by atoms with Gasteiger partial charge in [0.15, 0.2) is 0 Å². The lowest BCUT2D eigenvalue weighted by atomic mass is 10.0. The van der Waals surface area contributed by atoms with Gasteiger partial charge in [-0.25, -0.2) is 4.98 Å². The fourth-order valence-corrected chi connectivity index (χ4v) is 7.64. The standard InChI is InChI=1S/C31H24BrF2NO7P2S/c32-26-14-20(8-12-25(26)31(33,34)44(40,41)42)18-45-17-19-6-9-21(10-7-19)24-15-23-11-13-27(30(36)22-4-2-1-3-5-22)35-29(23)28(16-24)43(37,38)39/h1-16H,17-18H2,(H2,37,38,39)(H2,40,41,42). The van der Waals surface area contributed by atoms with E-state index in [9.17, 15) is 32.5 Å². The van der Waals surface area contributed by atoms with Crippen LogP contribution in [0.25, 0.3) is 22.0 Å². The lowest BCUT2D eigenvalue weighted by Crippen LogP contribution is -2.14. The molecular formula is C31H24BrF2NO7P2S. The van der Waals surface area contributed by atoms with E-state index in [-0.39, 0.29) is 26.8 Å². The molecule has 0 unspecified atom stereocenters. The molecule has 0 saturated heterocycles. The number of rotatable bonds is 10. The Labute approximate surface area is 269 Å². The lowest BCUT2D eigenvalue weighted by molar-refractivity contribution is 0.0557. The quantitative estimate of drug-likeness (QED) is 0.0855. The number of fused-ring (bicyclic) bond motifs is 1. The Morgan fingerprint density at radius 1 is 0.800 bits per heavy atom. The van der Waals surface area contributed by atoms with Crippen LogP contribution in [0.1, 0.15) is 32.7 Å². The Balaban J connectivity index is 1.33. The highest BCUT2D eigenvalue weighted by molar-refractivity contribution is 9.10. The van der Waals surface area contributed by atoms with E-state index in [1.807, 2.05) is 24.3 Å². The summed E-state index contributed by atoms with van der Waals surface area (Å²) in [5.41, 5.74) is -1.69. The third-order valence-electron chi connectivity index (χ3n) is 6.90. The van der Waals surface area contributed by atoms with E-state index in [1.165, 1.54) is 36.0 Å². The average Bonchev–Trinajstić information content (AvgIpc) is 2.99. The molecule has 0 saturated carbocycles. The summed E-state index contributed by atoms with van der Waals surface area (Å²) in [6, 6.07) is 25.9. The summed E-state index contributed by atoms with van der Waals surface area (Å²) in [5.74, 6) is 0.643. The molecule has 45 heavy (non-hydrogen) atoms. The Kier molecular flexibility index (Phi) is 9.61. The predicted molar refractivity (Wildman–Crippen MR) is 174 cm³/mol. The van der Waals surface area contributed by atoms with Crippen molar-refractivity contribution < 1.29 is 42.3 Å². The summed E-state index contributed by atoms with van der Waals surface area (Å²) in [6.07, 6.45) is 0. The van der Waals surface area contributed by atoms with Crippen LogP contribution in [-0.4, -0.2) is 30.3 Å². The Morgan fingerprint density at radius 3 is 2.07 bits per heavy atom. The summed E-state index contributed by atoms with van der Waals surface area (Å²) < 4.78 is 51.8. The number of hydrogen-bond acceptors (Lipinski definition) is 5. The maximum atomic E-state index is 14.1. The monoisotopic (exact) mass is 733 g/mol. The van der Waals surface area contributed by atoms with Gasteiger partial charge in [0.25, 0.3) is 0 Å². The number of benzene rings is 4. The first kappa shape index (κ1) is 33.3. The van der Waals surface area contributed by atoms with Gasteiger partial charge in [-0.1, -0.05) is 88.7 Å². The van der Waals surface area contributed by atoms with Gasteiger partial charge in [0, 0.05) is 32.5 Å². The maximum Gasteiger partial charge on any atom is 0.399 e. The highest BCUT2D eigenvalue weighted by atomic mass is 79.9. The zero-order valence-electron chi connectivity index (χ0n) is 23.0. The Morgan fingerprint density at radius 2 is 1.44 bits per heavy atom. The van der Waals surface area contributed by atoms with Crippen LogP contribution in [0.5, 0.6) is 0 Å². The second-order valence-corrected chi connectivity index (χ2v) is 15.2. The number of ketones is 1. The number of nitrogens with zero attached hydrogens (tertiary/aromatic N) is 1. The van der Waals surface area contributed by atoms with Gasteiger partial charge in [-0.05, 0) is 46.5 Å². The number of pyridine rings is 1. The Bertz CT molecular complexity index is 2000. The third kappa shape index (κ3) is 7.35. The first-order valence-electron chi connectivity index (χ1n) is 13.2. The molecule has 1 heterocycles. The molecule has 0 atom stereocenters. The highest BCUT2D eigenvalue weighted by Crippen LogP contribution is 2.60.